The van der Waals surface area contributed by atoms with E-state index >= 15 is 0 Å². The highest BCUT2D eigenvalue weighted by Crippen LogP contribution is 2.64. The van der Waals surface area contributed by atoms with Crippen molar-refractivity contribution >= 4 is 10.1 Å². The Kier molecular flexibility index (Phi) is 8.65. The summed E-state index contributed by atoms with van der Waals surface area (Å²) < 4.78 is 255. The number of hydrogen-bond acceptors (Lipinski definition) is 4. The van der Waals surface area contributed by atoms with Crippen LogP contribution in [-0.4, -0.2) is 68.6 Å². The van der Waals surface area contributed by atoms with Crippen LogP contribution in [0.5, 0.6) is 5.75 Å². The van der Waals surface area contributed by atoms with E-state index in [4.69, 9.17) is 0 Å². The third-order valence-electron chi connectivity index (χ3n) is 4.34. The van der Waals surface area contributed by atoms with Crippen LogP contribution in [0.4, 0.5) is 74.6 Å². The van der Waals surface area contributed by atoms with Crippen LogP contribution in [0, 0.1) is 0 Å². The quantitative estimate of drug-likeness (QED) is 0.155. The van der Waals surface area contributed by atoms with Gasteiger partial charge in [-0.1, -0.05) is 18.2 Å². The van der Waals surface area contributed by atoms with E-state index < -0.39 is 70.3 Å². The van der Waals surface area contributed by atoms with Crippen LogP contribution >= 0.6 is 0 Å². The van der Waals surface area contributed by atoms with Crippen LogP contribution in [0.2, 0.25) is 0 Å². The minimum Gasteiger partial charge on any atom is -0.491 e. The first-order valence-electron chi connectivity index (χ1n) is 8.86. The van der Waals surface area contributed by atoms with Gasteiger partial charge < -0.3 is 4.74 Å². The molecule has 1 aromatic rings. The van der Waals surface area contributed by atoms with Crippen LogP contribution in [0.25, 0.3) is 0 Å². The summed E-state index contributed by atoms with van der Waals surface area (Å²) in [5.74, 6) is -52.1. The van der Waals surface area contributed by atoms with Crippen LogP contribution < -0.4 is 4.74 Å². The lowest BCUT2D eigenvalue weighted by Gasteiger charge is -2.42. The van der Waals surface area contributed by atoms with Crippen molar-refractivity contribution in [2.24, 2.45) is 0 Å². The molecule has 38 heavy (non-hydrogen) atoms. The van der Waals surface area contributed by atoms with Crippen LogP contribution in [0.3, 0.4) is 0 Å². The number of ether oxygens (including phenoxy) is 1. The molecule has 1 rings (SSSR count). The first-order chi connectivity index (χ1) is 16.6. The van der Waals surface area contributed by atoms with Gasteiger partial charge in [-0.15, -0.1) is 0 Å². The summed E-state index contributed by atoms with van der Waals surface area (Å²) in [5, 5.41) is -7.71. The molecule has 1 aromatic carbocycles. The van der Waals surface area contributed by atoms with E-state index in [9.17, 15) is 83.1 Å². The van der Waals surface area contributed by atoms with Crippen LogP contribution in [0.15, 0.2) is 30.3 Å². The Bertz CT molecular complexity index is 1070. The topological polar surface area (TPSA) is 52.6 Å². The summed E-state index contributed by atoms with van der Waals surface area (Å²) in [6.45, 7) is -2.93. The van der Waals surface area contributed by atoms with Gasteiger partial charge in [0.2, 0.25) is 0 Å². The van der Waals surface area contributed by atoms with Gasteiger partial charge in [0.15, 0.2) is 0 Å². The fourth-order valence-electron chi connectivity index (χ4n) is 2.20. The molecule has 0 amide bonds. The van der Waals surface area contributed by atoms with Gasteiger partial charge >= 0.3 is 57.1 Å². The SMILES string of the molecule is O=S(=O)(OCCOc1ccccc1)C(F)(F)C(F)(F)C(F)(F)C(F)(F)C(F)(F)C(F)(F)C(F)(F)C(F)(F)F. The molecule has 22 heteroatoms. The Hall–Kier alpha value is -2.26. The number of para-hydroxylation sites is 1. The summed E-state index contributed by atoms with van der Waals surface area (Å²) in [6, 6.07) is 6.24. The first-order valence-corrected chi connectivity index (χ1v) is 10.3. The molecular formula is C16H9F17O4S. The molecule has 0 N–H and O–H groups in total. The van der Waals surface area contributed by atoms with Gasteiger partial charge in [0, 0.05) is 0 Å². The van der Waals surface area contributed by atoms with Crippen molar-refractivity contribution in [3.05, 3.63) is 30.3 Å². The van der Waals surface area contributed by atoms with E-state index in [1.54, 1.807) is 0 Å². The highest BCUT2D eigenvalue weighted by atomic mass is 32.2. The van der Waals surface area contributed by atoms with Gasteiger partial charge in [0.05, 0.1) is 0 Å². The molecule has 0 heterocycles. The Morgan fingerprint density at radius 3 is 1.29 bits per heavy atom. The lowest BCUT2D eigenvalue weighted by atomic mass is 9.91. The van der Waals surface area contributed by atoms with Crippen molar-refractivity contribution in [2.75, 3.05) is 13.2 Å². The van der Waals surface area contributed by atoms with Crippen molar-refractivity contribution < 1.29 is 92.0 Å². The largest absolute Gasteiger partial charge is 0.491 e. The summed E-state index contributed by atoms with van der Waals surface area (Å²) >= 11 is 0. The van der Waals surface area contributed by atoms with E-state index in [2.05, 4.69) is 8.92 Å². The molecule has 0 aromatic heterocycles. The number of hydrogen-bond donors (Lipinski definition) is 0. The molecule has 4 nitrogen and oxygen atoms in total. The van der Waals surface area contributed by atoms with Gasteiger partial charge in [-0.2, -0.15) is 83.1 Å². The van der Waals surface area contributed by atoms with Crippen molar-refractivity contribution in [1.82, 2.24) is 0 Å². The lowest BCUT2D eigenvalue weighted by molar-refractivity contribution is -0.458. The number of benzene rings is 1. The second kappa shape index (κ2) is 9.73. The molecule has 0 atom stereocenters. The average Bonchev–Trinajstić information content (AvgIpc) is 2.75. The average molecular weight is 620 g/mol. The second-order valence-electron chi connectivity index (χ2n) is 6.90. The third kappa shape index (κ3) is 4.92. The number of alkyl halides is 17. The summed E-state index contributed by atoms with van der Waals surface area (Å²) in [5.41, 5.74) is 0. The van der Waals surface area contributed by atoms with Gasteiger partial charge in [-0.25, -0.2) is 0 Å². The fourth-order valence-corrected chi connectivity index (χ4v) is 3.08. The monoisotopic (exact) mass is 620 g/mol. The van der Waals surface area contributed by atoms with Crippen molar-refractivity contribution in [2.45, 2.75) is 47.0 Å². The normalized spacial score (nSPS) is 15.5. The molecule has 0 unspecified atom stereocenters. The Labute approximate surface area is 199 Å². The highest BCUT2D eigenvalue weighted by Gasteiger charge is 2.96. The van der Waals surface area contributed by atoms with E-state index in [1.807, 2.05) is 0 Å². The molecule has 0 aliphatic heterocycles. The Morgan fingerprint density at radius 1 is 0.526 bits per heavy atom. The molecule has 0 aliphatic rings. The van der Waals surface area contributed by atoms with Gasteiger partial charge in [-0.05, 0) is 12.1 Å². The van der Waals surface area contributed by atoms with Crippen molar-refractivity contribution in [3.63, 3.8) is 0 Å². The lowest BCUT2D eigenvalue weighted by Crippen LogP contribution is -2.75. The maximum Gasteiger partial charge on any atom is 0.460 e. The number of halogens is 17. The van der Waals surface area contributed by atoms with Gasteiger partial charge in [0.25, 0.3) is 0 Å². The molecule has 0 radical (unpaired) electrons. The third-order valence-corrected chi connectivity index (χ3v) is 5.70. The predicted octanol–water partition coefficient (Wildman–Crippen LogP) is 6.38. The maximum absolute atomic E-state index is 13.8. The van der Waals surface area contributed by atoms with Crippen molar-refractivity contribution in [3.8, 4) is 5.75 Å². The van der Waals surface area contributed by atoms with Gasteiger partial charge in [0.1, 0.15) is 19.0 Å². The zero-order valence-corrected chi connectivity index (χ0v) is 18.1. The van der Waals surface area contributed by atoms with Crippen LogP contribution in [0.1, 0.15) is 0 Å². The van der Waals surface area contributed by atoms with E-state index in [0.29, 0.717) is 0 Å². The molecule has 0 bridgehead atoms. The zero-order valence-electron chi connectivity index (χ0n) is 17.3. The van der Waals surface area contributed by atoms with E-state index in [-0.39, 0.29) is 5.75 Å². The molecule has 0 fully saturated rings. The molecule has 0 saturated carbocycles. The Morgan fingerprint density at radius 2 is 0.895 bits per heavy atom. The predicted molar refractivity (Wildman–Crippen MR) is 87.5 cm³/mol. The molecule has 0 spiro atoms. The maximum atomic E-state index is 13.8. The van der Waals surface area contributed by atoms with Gasteiger partial charge in [-0.3, -0.25) is 4.18 Å². The summed E-state index contributed by atoms with van der Waals surface area (Å²) in [6.07, 6.45) is -7.89. The minimum absolute atomic E-state index is 0.157. The first kappa shape index (κ1) is 33.8. The fraction of sp³-hybridized carbons (Fsp3) is 0.625. The second-order valence-corrected chi connectivity index (χ2v) is 8.56. The van der Waals surface area contributed by atoms with E-state index in [1.165, 1.54) is 18.2 Å². The number of rotatable bonds is 12. The minimum atomic E-state index is -8.89. The van der Waals surface area contributed by atoms with Crippen LogP contribution in [-0.2, 0) is 14.3 Å². The van der Waals surface area contributed by atoms with E-state index in [0.717, 1.165) is 12.1 Å². The van der Waals surface area contributed by atoms with Crippen molar-refractivity contribution in [1.29, 1.82) is 0 Å². The molecule has 0 aliphatic carbocycles. The molecular weight excluding hydrogens is 611 g/mol. The Balaban J connectivity index is 3.39. The zero-order chi connectivity index (χ0) is 30.4. The smallest absolute Gasteiger partial charge is 0.460 e. The summed E-state index contributed by atoms with van der Waals surface area (Å²) in [4.78, 5) is 0. The standard InChI is InChI=1S/C16H9F17O4S/c17-9(18,11(21,22)13(25,26)15(29,30)31)10(19,20)12(23,24)14(27,28)16(32,33)38(34,35)37-7-6-36-8-4-2-1-3-5-8/h1-5H,6-7H2. The molecule has 222 valence electrons. The highest BCUT2D eigenvalue weighted by molar-refractivity contribution is 7.87. The summed E-state index contributed by atoms with van der Waals surface area (Å²) in [7, 11) is -7.59. The molecule has 0 saturated heterocycles.